The number of fused-ring (bicyclic) bond motifs is 2. The molecular formula is C24H27N. The van der Waals surface area contributed by atoms with E-state index in [0.29, 0.717) is 11.8 Å². The SMILES string of the molecule is CCC(CCC#CCNC)C1c2ccccc2C=Cc2ccccc21. The highest BCUT2D eigenvalue weighted by atomic mass is 14.8. The standard InChI is InChI=1S/C24H27N/c1-3-19(11-5-4-10-18-25-2)24-22-14-8-6-12-20(22)16-17-21-13-7-9-15-23(21)24/h6-9,12-17,19,24-25H,3,5,11,18H2,1-2H3. The number of rotatable bonds is 5. The van der Waals surface area contributed by atoms with E-state index in [4.69, 9.17) is 0 Å². The van der Waals surface area contributed by atoms with Gasteiger partial charge in [-0.15, -0.1) is 5.92 Å². The quantitative estimate of drug-likeness (QED) is 0.731. The smallest absolute Gasteiger partial charge is 0.0574 e. The van der Waals surface area contributed by atoms with E-state index in [0.717, 1.165) is 19.4 Å². The zero-order valence-corrected chi connectivity index (χ0v) is 15.3. The molecule has 0 fully saturated rings. The largest absolute Gasteiger partial charge is 0.309 e. The highest BCUT2D eigenvalue weighted by Crippen LogP contribution is 2.42. The normalized spacial score (nSPS) is 14.0. The van der Waals surface area contributed by atoms with Crippen LogP contribution in [0.3, 0.4) is 0 Å². The highest BCUT2D eigenvalue weighted by molar-refractivity contribution is 5.76. The lowest BCUT2D eigenvalue weighted by atomic mass is 9.75. The van der Waals surface area contributed by atoms with Gasteiger partial charge in [-0.25, -0.2) is 0 Å². The van der Waals surface area contributed by atoms with Crippen molar-refractivity contribution in [3.05, 3.63) is 70.8 Å². The molecule has 25 heavy (non-hydrogen) atoms. The Labute approximate surface area is 152 Å². The van der Waals surface area contributed by atoms with E-state index in [9.17, 15) is 0 Å². The maximum atomic E-state index is 3.33. The van der Waals surface area contributed by atoms with Crippen molar-refractivity contribution in [3.63, 3.8) is 0 Å². The van der Waals surface area contributed by atoms with Crippen molar-refractivity contribution in [1.29, 1.82) is 0 Å². The monoisotopic (exact) mass is 329 g/mol. The third-order valence-corrected chi connectivity index (χ3v) is 5.13. The fourth-order valence-corrected chi connectivity index (χ4v) is 3.85. The molecule has 1 N–H and O–H groups in total. The van der Waals surface area contributed by atoms with E-state index in [-0.39, 0.29) is 0 Å². The molecule has 2 aromatic rings. The Morgan fingerprint density at radius 2 is 1.52 bits per heavy atom. The molecule has 0 aliphatic heterocycles. The Hall–Kier alpha value is -2.30. The molecule has 0 saturated carbocycles. The number of benzene rings is 2. The number of nitrogens with one attached hydrogen (secondary N) is 1. The molecule has 3 rings (SSSR count). The predicted octanol–water partition coefficient (Wildman–Crippen LogP) is 5.33. The van der Waals surface area contributed by atoms with Crippen LogP contribution in [0.25, 0.3) is 12.2 Å². The Morgan fingerprint density at radius 3 is 2.08 bits per heavy atom. The van der Waals surface area contributed by atoms with Crippen LogP contribution in [0.2, 0.25) is 0 Å². The highest BCUT2D eigenvalue weighted by Gasteiger charge is 2.27. The van der Waals surface area contributed by atoms with Gasteiger partial charge in [-0.05, 0) is 41.6 Å². The third-order valence-electron chi connectivity index (χ3n) is 5.13. The molecule has 2 aromatic carbocycles. The van der Waals surface area contributed by atoms with Gasteiger partial charge >= 0.3 is 0 Å². The molecule has 128 valence electrons. The number of hydrogen-bond donors (Lipinski definition) is 1. The molecule has 1 heteroatoms. The second-order valence-corrected chi connectivity index (χ2v) is 6.66. The summed E-state index contributed by atoms with van der Waals surface area (Å²) < 4.78 is 0. The molecule has 0 spiro atoms. The summed E-state index contributed by atoms with van der Waals surface area (Å²) in [5.41, 5.74) is 5.62. The maximum absolute atomic E-state index is 3.33. The van der Waals surface area contributed by atoms with Gasteiger partial charge in [-0.2, -0.15) is 0 Å². The van der Waals surface area contributed by atoms with E-state index < -0.39 is 0 Å². The van der Waals surface area contributed by atoms with E-state index in [1.54, 1.807) is 0 Å². The van der Waals surface area contributed by atoms with Gasteiger partial charge in [0, 0.05) is 12.3 Å². The van der Waals surface area contributed by atoms with Crippen molar-refractivity contribution in [2.24, 2.45) is 5.92 Å². The lowest BCUT2D eigenvalue weighted by Gasteiger charge is -2.28. The zero-order chi connectivity index (χ0) is 17.5. The summed E-state index contributed by atoms with van der Waals surface area (Å²) in [5.74, 6) is 7.57. The van der Waals surface area contributed by atoms with Gasteiger partial charge in [0.25, 0.3) is 0 Å². The van der Waals surface area contributed by atoms with Crippen LogP contribution >= 0.6 is 0 Å². The van der Waals surface area contributed by atoms with Crippen LogP contribution in [0.5, 0.6) is 0 Å². The summed E-state index contributed by atoms with van der Waals surface area (Å²) in [5, 5.41) is 3.09. The van der Waals surface area contributed by atoms with E-state index in [1.165, 1.54) is 28.7 Å². The minimum absolute atomic E-state index is 0.443. The molecule has 1 nitrogen and oxygen atoms in total. The summed E-state index contributed by atoms with van der Waals surface area (Å²) >= 11 is 0. The molecule has 0 heterocycles. The van der Waals surface area contributed by atoms with Crippen molar-refractivity contribution in [3.8, 4) is 11.8 Å². The second-order valence-electron chi connectivity index (χ2n) is 6.66. The Bertz CT molecular complexity index is 741. The van der Waals surface area contributed by atoms with Gasteiger partial charge in [0.05, 0.1) is 6.54 Å². The first-order valence-corrected chi connectivity index (χ1v) is 9.31. The van der Waals surface area contributed by atoms with Gasteiger partial charge < -0.3 is 5.32 Å². The van der Waals surface area contributed by atoms with E-state index in [1.807, 2.05) is 7.05 Å². The topological polar surface area (TPSA) is 12.0 Å². The Kier molecular flexibility index (Phi) is 6.09. The van der Waals surface area contributed by atoms with Gasteiger partial charge in [0.2, 0.25) is 0 Å². The van der Waals surface area contributed by atoms with Gasteiger partial charge in [0.1, 0.15) is 0 Å². The molecule has 1 aliphatic carbocycles. The van der Waals surface area contributed by atoms with Crippen molar-refractivity contribution >= 4 is 12.2 Å². The van der Waals surface area contributed by atoms with Crippen molar-refractivity contribution < 1.29 is 0 Å². The van der Waals surface area contributed by atoms with Crippen molar-refractivity contribution in [1.82, 2.24) is 5.32 Å². The summed E-state index contributed by atoms with van der Waals surface area (Å²) in [6, 6.07) is 17.7. The van der Waals surface area contributed by atoms with E-state index >= 15 is 0 Å². The first kappa shape index (κ1) is 17.5. The molecule has 0 aromatic heterocycles. The molecule has 0 radical (unpaired) electrons. The number of hydrogen-bond acceptors (Lipinski definition) is 1. The summed E-state index contributed by atoms with van der Waals surface area (Å²) in [4.78, 5) is 0. The van der Waals surface area contributed by atoms with Crippen LogP contribution in [0.4, 0.5) is 0 Å². The van der Waals surface area contributed by atoms with E-state index in [2.05, 4.69) is 84.8 Å². The first-order valence-electron chi connectivity index (χ1n) is 9.31. The minimum Gasteiger partial charge on any atom is -0.309 e. The third kappa shape index (κ3) is 4.03. The van der Waals surface area contributed by atoms with Crippen LogP contribution in [0.15, 0.2) is 48.5 Å². The molecule has 1 unspecified atom stereocenters. The second kappa shape index (κ2) is 8.70. The lowest BCUT2D eigenvalue weighted by Crippen LogP contribution is -2.15. The fourth-order valence-electron chi connectivity index (χ4n) is 3.85. The van der Waals surface area contributed by atoms with Gasteiger partial charge in [-0.3, -0.25) is 0 Å². The summed E-state index contributed by atoms with van der Waals surface area (Å²) in [6.45, 7) is 3.09. The maximum Gasteiger partial charge on any atom is 0.0574 e. The molecule has 1 aliphatic rings. The average molecular weight is 329 g/mol. The molecular weight excluding hydrogens is 302 g/mol. The molecule has 0 bridgehead atoms. The van der Waals surface area contributed by atoms with Crippen LogP contribution in [-0.4, -0.2) is 13.6 Å². The molecule has 0 saturated heterocycles. The van der Waals surface area contributed by atoms with Crippen LogP contribution in [-0.2, 0) is 0 Å². The first-order chi connectivity index (χ1) is 12.3. The fraction of sp³-hybridized carbons (Fsp3) is 0.333. The summed E-state index contributed by atoms with van der Waals surface area (Å²) in [6.07, 6.45) is 7.82. The van der Waals surface area contributed by atoms with Crippen molar-refractivity contribution in [2.45, 2.75) is 32.1 Å². The average Bonchev–Trinajstić information content (AvgIpc) is 2.82. The van der Waals surface area contributed by atoms with Crippen LogP contribution in [0, 0.1) is 17.8 Å². The molecule has 1 atom stereocenters. The Balaban J connectivity index is 1.95. The minimum atomic E-state index is 0.443. The van der Waals surface area contributed by atoms with Crippen molar-refractivity contribution in [2.75, 3.05) is 13.6 Å². The lowest BCUT2D eigenvalue weighted by molar-refractivity contribution is 0.425. The molecule has 0 amide bonds. The van der Waals surface area contributed by atoms with Crippen LogP contribution in [0.1, 0.15) is 54.4 Å². The predicted molar refractivity (Wildman–Crippen MR) is 108 cm³/mol. The summed E-state index contributed by atoms with van der Waals surface area (Å²) in [7, 11) is 1.94. The van der Waals surface area contributed by atoms with Crippen LogP contribution < -0.4 is 5.32 Å². The van der Waals surface area contributed by atoms with Gasteiger partial charge in [0.15, 0.2) is 0 Å². The Morgan fingerprint density at radius 1 is 0.920 bits per heavy atom. The van der Waals surface area contributed by atoms with Gasteiger partial charge in [-0.1, -0.05) is 79.9 Å². The zero-order valence-electron chi connectivity index (χ0n) is 15.3.